The molecule has 148 valence electrons. The van der Waals surface area contributed by atoms with Gasteiger partial charge in [0.15, 0.2) is 0 Å². The third-order valence-electron chi connectivity index (χ3n) is 4.66. The van der Waals surface area contributed by atoms with Gasteiger partial charge in [-0.15, -0.1) is 0 Å². The van der Waals surface area contributed by atoms with Gasteiger partial charge in [0.05, 0.1) is 48.2 Å². The lowest BCUT2D eigenvalue weighted by Gasteiger charge is -2.40. The van der Waals surface area contributed by atoms with E-state index in [1.807, 2.05) is 53.4 Å². The molecule has 0 bridgehead atoms. The first-order valence-electron chi connectivity index (χ1n) is 8.56. The molecule has 0 fully saturated rings. The van der Waals surface area contributed by atoms with Crippen LogP contribution in [0.5, 0.6) is 0 Å². The van der Waals surface area contributed by atoms with E-state index in [1.165, 1.54) is 0 Å². The van der Waals surface area contributed by atoms with Crippen molar-refractivity contribution in [3.8, 4) is 0 Å². The number of hydrogen-bond donors (Lipinski definition) is 1. The smallest absolute Gasteiger partial charge is 0.209 e. The number of allylic oxidation sites excluding steroid dienone is 1. The topological polar surface area (TPSA) is 77.5 Å². The Bertz CT molecular complexity index is 1050. The molecule has 1 aromatic rings. The van der Waals surface area contributed by atoms with Crippen molar-refractivity contribution in [2.24, 2.45) is 4.99 Å². The maximum Gasteiger partial charge on any atom is 0.209 e. The van der Waals surface area contributed by atoms with Crippen molar-refractivity contribution in [3.63, 3.8) is 0 Å². The highest BCUT2D eigenvalue weighted by atomic mass is 35.5. The van der Waals surface area contributed by atoms with Crippen LogP contribution in [0.1, 0.15) is 6.92 Å². The molecule has 0 radical (unpaired) electrons. The van der Waals surface area contributed by atoms with Crippen LogP contribution in [0.2, 0.25) is 5.02 Å². The zero-order valence-corrected chi connectivity index (χ0v) is 17.2. The third-order valence-corrected chi connectivity index (χ3v) is 5.64. The van der Waals surface area contributed by atoms with Gasteiger partial charge in [-0.25, -0.2) is 18.2 Å². The van der Waals surface area contributed by atoms with Gasteiger partial charge in [0.25, 0.3) is 0 Å². The van der Waals surface area contributed by atoms with Crippen LogP contribution in [0.25, 0.3) is 0 Å². The summed E-state index contributed by atoms with van der Waals surface area (Å²) >= 11 is 6.47. The number of halogens is 1. The van der Waals surface area contributed by atoms with Crippen molar-refractivity contribution >= 4 is 33.5 Å². The Morgan fingerprint density at radius 3 is 2.71 bits per heavy atom. The summed E-state index contributed by atoms with van der Waals surface area (Å²) in [6.07, 6.45) is 6.57. The first-order valence-corrected chi connectivity index (χ1v) is 10.8. The summed E-state index contributed by atoms with van der Waals surface area (Å²) in [5.74, 6) is 0.730. The van der Waals surface area contributed by atoms with Crippen molar-refractivity contribution in [1.29, 1.82) is 0 Å². The lowest BCUT2D eigenvalue weighted by Crippen LogP contribution is -2.46. The number of hydroxylamine groups is 2. The van der Waals surface area contributed by atoms with Gasteiger partial charge >= 0.3 is 0 Å². The van der Waals surface area contributed by atoms with Gasteiger partial charge in [-0.05, 0) is 24.6 Å². The number of benzene rings is 1. The minimum atomic E-state index is -3.45. The molecule has 3 aliphatic rings. The summed E-state index contributed by atoms with van der Waals surface area (Å²) < 4.78 is 26.6. The molecule has 3 aliphatic heterocycles. The van der Waals surface area contributed by atoms with E-state index in [4.69, 9.17) is 16.4 Å². The molecule has 0 spiro atoms. The molecule has 0 aliphatic carbocycles. The maximum absolute atomic E-state index is 12.0. The number of fused-ring (bicyclic) bond motifs is 2. The number of hydrogen-bond acceptors (Lipinski definition) is 7. The molecule has 0 saturated heterocycles. The molecule has 1 aromatic carbocycles. The van der Waals surface area contributed by atoms with Gasteiger partial charge in [0.2, 0.25) is 10.0 Å². The van der Waals surface area contributed by atoms with Crippen LogP contribution in [-0.4, -0.2) is 50.7 Å². The van der Waals surface area contributed by atoms with Crippen molar-refractivity contribution in [1.82, 2.24) is 14.7 Å². The summed E-state index contributed by atoms with van der Waals surface area (Å²) in [5.41, 5.74) is 3.02. The van der Waals surface area contributed by atoms with E-state index in [2.05, 4.69) is 9.71 Å². The predicted molar refractivity (Wildman–Crippen MR) is 109 cm³/mol. The van der Waals surface area contributed by atoms with E-state index in [-0.39, 0.29) is 0 Å². The van der Waals surface area contributed by atoms with Crippen LogP contribution >= 0.6 is 11.6 Å². The van der Waals surface area contributed by atoms with Crippen LogP contribution in [0.15, 0.2) is 64.4 Å². The quantitative estimate of drug-likeness (QED) is 0.803. The Hall–Kier alpha value is -2.33. The van der Waals surface area contributed by atoms with Crippen LogP contribution < -0.4 is 9.62 Å². The van der Waals surface area contributed by atoms with Crippen LogP contribution in [0.4, 0.5) is 5.69 Å². The number of sulfonamides is 1. The Kier molecular flexibility index (Phi) is 4.70. The van der Waals surface area contributed by atoms with Crippen molar-refractivity contribution in [2.45, 2.75) is 13.0 Å². The standard InChI is InChI=1S/C18H20ClN5O3S/c1-12-9-23(15-7-5-4-6-14(15)19)18-17(16(12)21-28(3,25)26)20-8-13-10-22(27-2)11-24(13)18/h4-10,16,21H,11H2,1-3H3. The zero-order chi connectivity index (χ0) is 20.1. The second kappa shape index (κ2) is 6.93. The fraction of sp³-hybridized carbons (Fsp3) is 0.278. The molecule has 8 nitrogen and oxygen atoms in total. The Balaban J connectivity index is 1.87. The number of nitrogens with zero attached hydrogens (tertiary/aromatic N) is 4. The summed E-state index contributed by atoms with van der Waals surface area (Å²) in [4.78, 5) is 13.9. The summed E-state index contributed by atoms with van der Waals surface area (Å²) in [7, 11) is -1.86. The zero-order valence-electron chi connectivity index (χ0n) is 15.6. The molecule has 1 atom stereocenters. The Labute approximate surface area is 169 Å². The van der Waals surface area contributed by atoms with E-state index < -0.39 is 16.1 Å². The van der Waals surface area contributed by atoms with Crippen molar-refractivity contribution in [2.75, 3.05) is 24.9 Å². The molecule has 1 unspecified atom stereocenters. The molecule has 3 heterocycles. The van der Waals surface area contributed by atoms with Crippen LogP contribution in [0.3, 0.4) is 0 Å². The van der Waals surface area contributed by atoms with Gasteiger partial charge in [0.1, 0.15) is 18.2 Å². The van der Waals surface area contributed by atoms with Gasteiger partial charge in [-0.1, -0.05) is 23.7 Å². The average Bonchev–Trinajstić information content (AvgIpc) is 3.06. The normalized spacial score (nSPS) is 21.6. The third kappa shape index (κ3) is 3.30. The van der Waals surface area contributed by atoms with E-state index >= 15 is 0 Å². The van der Waals surface area contributed by atoms with Crippen LogP contribution in [0, 0.1) is 0 Å². The largest absolute Gasteiger partial charge is 0.302 e. The molecule has 10 heteroatoms. The monoisotopic (exact) mass is 421 g/mol. The van der Waals surface area contributed by atoms with Gasteiger partial charge in [-0.3, -0.25) is 9.83 Å². The number of anilines is 1. The van der Waals surface area contributed by atoms with E-state index in [1.54, 1.807) is 18.4 Å². The molecule has 0 aromatic heterocycles. The lowest BCUT2D eigenvalue weighted by molar-refractivity contribution is -0.0951. The highest BCUT2D eigenvalue weighted by Gasteiger charge is 2.39. The van der Waals surface area contributed by atoms with Gasteiger partial charge in [-0.2, -0.15) is 0 Å². The maximum atomic E-state index is 12.0. The molecule has 0 saturated carbocycles. The fourth-order valence-corrected chi connectivity index (χ4v) is 4.37. The Morgan fingerprint density at radius 1 is 1.29 bits per heavy atom. The first kappa shape index (κ1) is 19.0. The summed E-state index contributed by atoms with van der Waals surface area (Å²) in [5, 5.41) is 2.25. The second-order valence-electron chi connectivity index (χ2n) is 6.71. The number of nitrogens with one attached hydrogen (secondary N) is 1. The predicted octanol–water partition coefficient (Wildman–Crippen LogP) is 2.21. The van der Waals surface area contributed by atoms with Gasteiger partial charge < -0.3 is 9.80 Å². The van der Waals surface area contributed by atoms with E-state index in [0.29, 0.717) is 17.4 Å². The highest BCUT2D eigenvalue weighted by Crippen LogP contribution is 2.40. The minimum Gasteiger partial charge on any atom is -0.302 e. The molecule has 1 N–H and O–H groups in total. The molecular weight excluding hydrogens is 402 g/mol. The molecule has 0 amide bonds. The first-order chi connectivity index (χ1) is 13.3. The minimum absolute atomic E-state index is 0.441. The molecular formula is C18H20ClN5O3S. The SMILES string of the molecule is CON1C=C2C=NC3=C(N2C1)N(c1ccccc1Cl)C=C(C)C3NS(C)(=O)=O. The fourth-order valence-electron chi connectivity index (χ4n) is 3.42. The van der Waals surface area contributed by atoms with Gasteiger partial charge in [0, 0.05) is 6.20 Å². The average molecular weight is 422 g/mol. The van der Waals surface area contributed by atoms with E-state index in [9.17, 15) is 8.42 Å². The number of para-hydroxylation sites is 1. The second-order valence-corrected chi connectivity index (χ2v) is 8.89. The Morgan fingerprint density at radius 2 is 2.04 bits per heavy atom. The molecule has 4 rings (SSSR count). The summed E-state index contributed by atoms with van der Waals surface area (Å²) in [6.45, 7) is 2.30. The van der Waals surface area contributed by atoms with Crippen LogP contribution in [-0.2, 0) is 14.9 Å². The van der Waals surface area contributed by atoms with E-state index in [0.717, 1.165) is 29.0 Å². The molecule has 28 heavy (non-hydrogen) atoms. The number of aliphatic imine (C=N–C) groups is 1. The number of rotatable bonds is 4. The lowest BCUT2D eigenvalue weighted by atomic mass is 10.0. The van der Waals surface area contributed by atoms with Crippen molar-refractivity contribution in [3.05, 3.63) is 64.5 Å². The summed E-state index contributed by atoms with van der Waals surface area (Å²) in [6, 6.07) is 6.92. The van der Waals surface area contributed by atoms with Crippen molar-refractivity contribution < 1.29 is 13.3 Å². The highest BCUT2D eigenvalue weighted by molar-refractivity contribution is 7.88.